The summed E-state index contributed by atoms with van der Waals surface area (Å²) in [4.78, 5) is 4.03. The number of hydrogen-bond acceptors (Lipinski definition) is 2. The van der Waals surface area contributed by atoms with Gasteiger partial charge in [-0.15, -0.1) is 0 Å². The van der Waals surface area contributed by atoms with Gasteiger partial charge in [0.15, 0.2) is 0 Å². The molecular formula is C10H18N2O. The lowest BCUT2D eigenvalue weighted by atomic mass is 10.1. The van der Waals surface area contributed by atoms with Crippen molar-refractivity contribution in [1.29, 1.82) is 0 Å². The molecule has 3 heteroatoms. The van der Waals surface area contributed by atoms with Gasteiger partial charge < -0.3 is 9.67 Å². The molecule has 1 aromatic heterocycles. The molecule has 1 rings (SSSR count). The Kier molecular flexibility index (Phi) is 3.96. The van der Waals surface area contributed by atoms with Gasteiger partial charge in [0, 0.05) is 6.04 Å². The molecule has 74 valence electrons. The van der Waals surface area contributed by atoms with Crippen LogP contribution in [0.15, 0.2) is 12.5 Å². The monoisotopic (exact) mass is 182 g/mol. The molecular weight excluding hydrogens is 164 g/mol. The Morgan fingerprint density at radius 3 is 3.00 bits per heavy atom. The highest BCUT2D eigenvalue weighted by molar-refractivity contribution is 4.97. The van der Waals surface area contributed by atoms with E-state index >= 15 is 0 Å². The summed E-state index contributed by atoms with van der Waals surface area (Å²) in [5, 5.41) is 9.02. The first-order chi connectivity index (χ1) is 6.29. The zero-order valence-corrected chi connectivity index (χ0v) is 8.40. The van der Waals surface area contributed by atoms with Gasteiger partial charge in [-0.1, -0.05) is 19.8 Å². The van der Waals surface area contributed by atoms with E-state index < -0.39 is 0 Å². The third kappa shape index (κ3) is 2.56. The van der Waals surface area contributed by atoms with Crippen molar-refractivity contribution in [2.45, 2.75) is 45.8 Å². The largest absolute Gasteiger partial charge is 0.390 e. The minimum atomic E-state index is 0.0798. The van der Waals surface area contributed by atoms with Gasteiger partial charge in [0.25, 0.3) is 0 Å². The van der Waals surface area contributed by atoms with Crippen LogP contribution >= 0.6 is 0 Å². The topological polar surface area (TPSA) is 38.0 Å². The molecule has 0 spiro atoms. The third-order valence-electron chi connectivity index (χ3n) is 2.36. The predicted molar refractivity (Wildman–Crippen MR) is 52.4 cm³/mol. The SMILES string of the molecule is CCCCC(C)n1cncc1CO. The molecule has 0 fully saturated rings. The number of rotatable bonds is 5. The van der Waals surface area contributed by atoms with Crippen LogP contribution in [-0.4, -0.2) is 14.7 Å². The fourth-order valence-corrected chi connectivity index (χ4v) is 1.49. The maximum Gasteiger partial charge on any atom is 0.0951 e. The van der Waals surface area contributed by atoms with Crippen LogP contribution < -0.4 is 0 Å². The summed E-state index contributed by atoms with van der Waals surface area (Å²) in [6.07, 6.45) is 7.12. The molecule has 1 atom stereocenters. The fourth-order valence-electron chi connectivity index (χ4n) is 1.49. The van der Waals surface area contributed by atoms with E-state index in [2.05, 4.69) is 23.4 Å². The van der Waals surface area contributed by atoms with Gasteiger partial charge in [-0.3, -0.25) is 0 Å². The Bertz CT molecular complexity index is 245. The number of imidazole rings is 1. The van der Waals surface area contributed by atoms with Crippen LogP contribution in [0.2, 0.25) is 0 Å². The fraction of sp³-hybridized carbons (Fsp3) is 0.700. The summed E-state index contributed by atoms with van der Waals surface area (Å²) < 4.78 is 2.05. The van der Waals surface area contributed by atoms with Crippen molar-refractivity contribution in [1.82, 2.24) is 9.55 Å². The normalized spacial score (nSPS) is 13.2. The van der Waals surface area contributed by atoms with Crippen molar-refractivity contribution in [3.63, 3.8) is 0 Å². The zero-order chi connectivity index (χ0) is 9.68. The molecule has 0 aliphatic carbocycles. The first-order valence-corrected chi connectivity index (χ1v) is 4.91. The van der Waals surface area contributed by atoms with Crippen molar-refractivity contribution in [2.24, 2.45) is 0 Å². The maximum atomic E-state index is 9.02. The summed E-state index contributed by atoms with van der Waals surface area (Å²) in [6, 6.07) is 0.449. The first kappa shape index (κ1) is 10.3. The predicted octanol–water partition coefficient (Wildman–Crippen LogP) is 2.13. The Labute approximate surface area is 79.4 Å². The molecule has 0 aromatic carbocycles. The second kappa shape index (κ2) is 5.02. The van der Waals surface area contributed by atoms with Gasteiger partial charge in [-0.2, -0.15) is 0 Å². The maximum absolute atomic E-state index is 9.02. The van der Waals surface area contributed by atoms with Crippen LogP contribution in [-0.2, 0) is 6.61 Å². The third-order valence-corrected chi connectivity index (χ3v) is 2.36. The van der Waals surface area contributed by atoms with Crippen LogP contribution in [0, 0.1) is 0 Å². The minimum Gasteiger partial charge on any atom is -0.390 e. The summed E-state index contributed by atoms with van der Waals surface area (Å²) in [6.45, 7) is 4.43. The molecule has 1 N–H and O–H groups in total. The molecule has 0 aliphatic rings. The van der Waals surface area contributed by atoms with Crippen molar-refractivity contribution in [2.75, 3.05) is 0 Å². The Morgan fingerprint density at radius 1 is 1.62 bits per heavy atom. The number of nitrogens with zero attached hydrogens (tertiary/aromatic N) is 2. The number of hydrogen-bond donors (Lipinski definition) is 1. The smallest absolute Gasteiger partial charge is 0.0951 e. The average Bonchev–Trinajstić information content (AvgIpc) is 2.61. The highest BCUT2D eigenvalue weighted by Crippen LogP contribution is 2.16. The molecule has 0 amide bonds. The van der Waals surface area contributed by atoms with Gasteiger partial charge in [0.1, 0.15) is 0 Å². The van der Waals surface area contributed by atoms with Crippen LogP contribution in [0.4, 0.5) is 0 Å². The van der Waals surface area contributed by atoms with Crippen molar-refractivity contribution in [3.05, 3.63) is 18.2 Å². The van der Waals surface area contributed by atoms with Crippen molar-refractivity contribution in [3.8, 4) is 0 Å². The van der Waals surface area contributed by atoms with Gasteiger partial charge in [0.05, 0.1) is 24.8 Å². The van der Waals surface area contributed by atoms with Crippen LogP contribution in [0.5, 0.6) is 0 Å². The molecule has 3 nitrogen and oxygen atoms in total. The number of unbranched alkanes of at least 4 members (excludes halogenated alkanes) is 1. The molecule has 0 bridgehead atoms. The summed E-state index contributed by atoms with van der Waals surface area (Å²) in [5.74, 6) is 0. The van der Waals surface area contributed by atoms with E-state index in [1.54, 1.807) is 12.5 Å². The minimum absolute atomic E-state index is 0.0798. The van der Waals surface area contributed by atoms with Crippen LogP contribution in [0.25, 0.3) is 0 Å². The Balaban J connectivity index is 2.59. The molecule has 1 unspecified atom stereocenters. The highest BCUT2D eigenvalue weighted by atomic mass is 16.3. The second-order valence-corrected chi connectivity index (χ2v) is 3.44. The van der Waals surface area contributed by atoms with E-state index in [-0.39, 0.29) is 6.61 Å². The Hall–Kier alpha value is -0.830. The molecule has 0 aliphatic heterocycles. The molecule has 0 radical (unpaired) electrons. The van der Waals surface area contributed by atoms with Crippen LogP contribution in [0.3, 0.4) is 0 Å². The molecule has 0 saturated heterocycles. The van der Waals surface area contributed by atoms with Gasteiger partial charge in [-0.25, -0.2) is 4.98 Å². The number of aliphatic hydroxyl groups is 1. The van der Waals surface area contributed by atoms with Gasteiger partial charge in [-0.05, 0) is 13.3 Å². The van der Waals surface area contributed by atoms with Gasteiger partial charge in [0.2, 0.25) is 0 Å². The standard InChI is InChI=1S/C10H18N2O/c1-3-4-5-9(2)12-8-11-6-10(12)7-13/h6,8-9,13H,3-5,7H2,1-2H3. The molecule has 1 aromatic rings. The number of aromatic nitrogens is 2. The van der Waals surface area contributed by atoms with E-state index in [9.17, 15) is 0 Å². The number of aliphatic hydroxyl groups excluding tert-OH is 1. The summed E-state index contributed by atoms with van der Waals surface area (Å²) >= 11 is 0. The molecule has 13 heavy (non-hydrogen) atoms. The second-order valence-electron chi connectivity index (χ2n) is 3.44. The van der Waals surface area contributed by atoms with Crippen LogP contribution in [0.1, 0.15) is 44.8 Å². The lowest BCUT2D eigenvalue weighted by Crippen LogP contribution is -2.07. The summed E-state index contributed by atoms with van der Waals surface area (Å²) in [7, 11) is 0. The van der Waals surface area contributed by atoms with Gasteiger partial charge >= 0.3 is 0 Å². The van der Waals surface area contributed by atoms with E-state index in [1.165, 1.54) is 12.8 Å². The van der Waals surface area contributed by atoms with E-state index in [1.807, 2.05) is 0 Å². The first-order valence-electron chi connectivity index (χ1n) is 4.91. The van der Waals surface area contributed by atoms with E-state index in [0.29, 0.717) is 6.04 Å². The summed E-state index contributed by atoms with van der Waals surface area (Å²) in [5.41, 5.74) is 0.906. The Morgan fingerprint density at radius 2 is 2.38 bits per heavy atom. The lowest BCUT2D eigenvalue weighted by Gasteiger charge is -2.14. The molecule has 0 saturated carbocycles. The highest BCUT2D eigenvalue weighted by Gasteiger charge is 2.07. The van der Waals surface area contributed by atoms with E-state index in [0.717, 1.165) is 12.1 Å². The zero-order valence-electron chi connectivity index (χ0n) is 8.40. The van der Waals surface area contributed by atoms with E-state index in [4.69, 9.17) is 5.11 Å². The van der Waals surface area contributed by atoms with Crippen molar-refractivity contribution < 1.29 is 5.11 Å². The quantitative estimate of drug-likeness (QED) is 0.757. The average molecular weight is 182 g/mol. The molecule has 1 heterocycles. The lowest BCUT2D eigenvalue weighted by molar-refractivity contribution is 0.265. The van der Waals surface area contributed by atoms with Crippen molar-refractivity contribution >= 4 is 0 Å².